The zero-order chi connectivity index (χ0) is 28.9. The summed E-state index contributed by atoms with van der Waals surface area (Å²) in [6, 6.07) is -5.30. The number of hydrogen-bond acceptors (Lipinski definition) is 4. The predicted octanol–water partition coefficient (Wildman–Crippen LogP) is 3.03. The Morgan fingerprint density at radius 3 is 2.96 bits per heavy atom. The van der Waals surface area contributed by atoms with Crippen LogP contribution in [-0.4, -0.2) is 43.3 Å². The van der Waals surface area contributed by atoms with E-state index in [-0.39, 0.29) is 12.3 Å². The zero-order valence-electron chi connectivity index (χ0n) is 27.2. The summed E-state index contributed by atoms with van der Waals surface area (Å²) in [6.07, 6.45) is -10.5. The predicted molar refractivity (Wildman–Crippen MR) is 91.1 cm³/mol. The van der Waals surface area contributed by atoms with Gasteiger partial charge in [-0.2, -0.15) is 0 Å². The lowest BCUT2D eigenvalue weighted by atomic mass is 9.79. The summed E-state index contributed by atoms with van der Waals surface area (Å²) in [5, 5.41) is 11.2. The number of fused-ring (bicyclic) bond motifs is 3. The van der Waals surface area contributed by atoms with Gasteiger partial charge in [-0.15, -0.1) is 0 Å². The van der Waals surface area contributed by atoms with Crippen LogP contribution in [0.15, 0.2) is 12.1 Å². The second-order valence-electron chi connectivity index (χ2n) is 5.81. The molecule has 4 nitrogen and oxygen atoms in total. The van der Waals surface area contributed by atoms with E-state index in [9.17, 15) is 6.48 Å². The van der Waals surface area contributed by atoms with E-state index in [0.29, 0.717) is 4.90 Å². The first kappa shape index (κ1) is 6.57. The SMILES string of the molecule is [2H]c1c(OC([2H])([2H])[2H])c(OC)c([2H])c2c1C([2H])([2H])C([2H])([2H])N1CC([2H])(CC(C)C)C([2H])(O)C([2H])([2H])C21[2H]. The number of aliphatic hydroxyl groups is 1. The normalized spacial score (nSPS) is 53.1. The number of methoxy groups -OCH3 is 2. The van der Waals surface area contributed by atoms with Crippen molar-refractivity contribution < 1.29 is 33.8 Å². The van der Waals surface area contributed by atoms with Crippen molar-refractivity contribution in [1.29, 1.82) is 0 Å². The molecule has 3 rings (SSSR count). The van der Waals surface area contributed by atoms with Gasteiger partial charge in [0, 0.05) is 28.7 Å². The van der Waals surface area contributed by atoms with Gasteiger partial charge in [0.2, 0.25) is 0 Å². The fourth-order valence-corrected chi connectivity index (χ4v) is 2.64. The van der Waals surface area contributed by atoms with Gasteiger partial charge in [0.05, 0.1) is 29.8 Å². The molecular weight excluding hydrogens is 290 g/mol. The van der Waals surface area contributed by atoms with E-state index in [1.165, 1.54) is 0 Å². The average molecular weight is 334 g/mol. The second-order valence-corrected chi connectivity index (χ2v) is 5.81. The van der Waals surface area contributed by atoms with Crippen LogP contribution in [0.2, 0.25) is 0 Å². The molecule has 1 fully saturated rings. The Morgan fingerprint density at radius 2 is 2.26 bits per heavy atom. The van der Waals surface area contributed by atoms with E-state index in [1.807, 2.05) is 0 Å². The summed E-state index contributed by atoms with van der Waals surface area (Å²) < 4.78 is 128. The van der Waals surface area contributed by atoms with Gasteiger partial charge < -0.3 is 14.6 Å². The van der Waals surface area contributed by atoms with Crippen LogP contribution >= 0.6 is 0 Å². The Labute approximate surface area is 159 Å². The Hall–Kier alpha value is -1.26. The van der Waals surface area contributed by atoms with E-state index in [1.54, 1.807) is 13.8 Å². The first-order valence-corrected chi connectivity index (χ1v) is 7.28. The lowest BCUT2D eigenvalue weighted by Gasteiger charge is -2.46. The van der Waals surface area contributed by atoms with Crippen LogP contribution in [-0.2, 0) is 6.37 Å². The highest BCUT2D eigenvalue weighted by Crippen LogP contribution is 2.43. The summed E-state index contributed by atoms with van der Waals surface area (Å²) >= 11 is 0. The largest absolute Gasteiger partial charge is 0.493 e. The summed E-state index contributed by atoms with van der Waals surface area (Å²) in [4.78, 5) is 0.377. The quantitative estimate of drug-likeness (QED) is 0.920. The summed E-state index contributed by atoms with van der Waals surface area (Å²) in [5.74, 6) is -4.50. The third-order valence-corrected chi connectivity index (χ3v) is 3.64. The molecule has 1 saturated heterocycles. The molecule has 2 heterocycles. The first-order valence-electron chi connectivity index (χ1n) is 14.3. The van der Waals surface area contributed by atoms with Crippen molar-refractivity contribution in [1.82, 2.24) is 4.90 Å². The third kappa shape index (κ3) is 3.20. The molecule has 0 bridgehead atoms. The highest BCUT2D eigenvalue weighted by molar-refractivity contribution is 5.49. The molecule has 0 radical (unpaired) electrons. The topological polar surface area (TPSA) is 41.9 Å². The minimum Gasteiger partial charge on any atom is -0.493 e. The lowest BCUT2D eigenvalue weighted by molar-refractivity contribution is -0.0191. The smallest absolute Gasteiger partial charge is 0.161 e. The molecule has 2 aliphatic rings. The molecule has 0 spiro atoms. The van der Waals surface area contributed by atoms with Gasteiger partial charge in [0.1, 0.15) is 0 Å². The van der Waals surface area contributed by atoms with Crippen LogP contribution in [0.1, 0.15) is 63.0 Å². The Bertz CT molecular complexity index is 1100. The fourth-order valence-electron chi connectivity index (χ4n) is 2.64. The van der Waals surface area contributed by atoms with E-state index >= 15 is 0 Å². The zero-order valence-corrected chi connectivity index (χ0v) is 13.2. The lowest BCUT2D eigenvalue weighted by Crippen LogP contribution is -2.48. The van der Waals surface area contributed by atoms with E-state index in [4.69, 9.17) is 27.3 Å². The highest BCUT2D eigenvalue weighted by Gasteiger charge is 2.38. The van der Waals surface area contributed by atoms with Crippen molar-refractivity contribution in [2.24, 2.45) is 11.8 Å². The molecule has 0 saturated carbocycles. The van der Waals surface area contributed by atoms with Gasteiger partial charge in [0.25, 0.3) is 0 Å². The molecule has 1 aromatic carbocycles. The minimum absolute atomic E-state index is 0.308. The maximum atomic E-state index is 11.2. The van der Waals surface area contributed by atoms with Gasteiger partial charge in [-0.1, -0.05) is 13.8 Å². The van der Waals surface area contributed by atoms with Crippen LogP contribution < -0.4 is 9.47 Å². The van der Waals surface area contributed by atoms with Crippen LogP contribution in [0.4, 0.5) is 0 Å². The fraction of sp³-hybridized carbons (Fsp3) is 0.684. The van der Waals surface area contributed by atoms with Crippen molar-refractivity contribution in [3.05, 3.63) is 23.2 Å². The maximum absolute atomic E-state index is 11.2. The molecule has 2 aliphatic heterocycles. The van der Waals surface area contributed by atoms with Crippen molar-refractivity contribution in [2.75, 3.05) is 27.2 Å². The number of hydrogen-bond donors (Lipinski definition) is 1. The number of piperidine rings is 1. The number of rotatable bonds is 4. The molecule has 3 unspecified atom stereocenters. The van der Waals surface area contributed by atoms with Crippen LogP contribution in [0.3, 0.4) is 0 Å². The van der Waals surface area contributed by atoms with Crippen molar-refractivity contribution in [2.45, 2.75) is 45.1 Å². The standard InChI is InChI=1S/C19H29NO3/c1-12(2)7-14-11-20-6-5-13-8-18(22-3)19(23-4)9-15(13)16(20)10-17(14)21/h8-9,12,14,16-17,21H,5-7,10-11H2,1-4H3/i3D3,5D2,6D2,8D,9D,10D2,14D,16D,17D. The van der Waals surface area contributed by atoms with E-state index in [2.05, 4.69) is 0 Å². The average Bonchev–Trinajstić information content (AvgIpc) is 2.70. The van der Waals surface area contributed by atoms with Crippen LogP contribution in [0.5, 0.6) is 11.5 Å². The minimum atomic E-state index is -3.55. The van der Waals surface area contributed by atoms with Gasteiger partial charge in [0.15, 0.2) is 11.5 Å². The first-order chi connectivity index (χ1) is 16.4. The molecule has 0 aromatic heterocycles. The van der Waals surface area contributed by atoms with Crippen LogP contribution in [0, 0.1) is 11.8 Å². The molecular formula is C19H29NO3. The molecule has 0 amide bonds. The molecule has 1 aromatic rings. The van der Waals surface area contributed by atoms with Gasteiger partial charge in [-0.3, -0.25) is 4.90 Å². The van der Waals surface area contributed by atoms with Crippen molar-refractivity contribution in [3.63, 3.8) is 0 Å². The Morgan fingerprint density at radius 1 is 1.48 bits per heavy atom. The number of ether oxygens (including phenoxy) is 2. The molecule has 1 N–H and O–H groups in total. The van der Waals surface area contributed by atoms with Gasteiger partial charge in [-0.25, -0.2) is 0 Å². The number of benzene rings is 1. The Kier molecular flexibility index (Phi) is 1.91. The molecule has 4 heteroatoms. The van der Waals surface area contributed by atoms with Crippen molar-refractivity contribution >= 4 is 0 Å². The van der Waals surface area contributed by atoms with Crippen molar-refractivity contribution in [3.8, 4) is 11.5 Å². The summed E-state index contributed by atoms with van der Waals surface area (Å²) in [5.41, 5.74) is -1.98. The third-order valence-electron chi connectivity index (χ3n) is 3.64. The second kappa shape index (κ2) is 6.70. The highest BCUT2D eigenvalue weighted by atomic mass is 16.5. The van der Waals surface area contributed by atoms with E-state index in [0.717, 1.165) is 7.11 Å². The van der Waals surface area contributed by atoms with E-state index < -0.39 is 85.5 Å². The molecule has 0 aliphatic carbocycles. The monoisotopic (exact) mass is 333 g/mol. The van der Waals surface area contributed by atoms with Crippen LogP contribution in [0.25, 0.3) is 0 Å². The molecule has 3 atom stereocenters. The van der Waals surface area contributed by atoms with Gasteiger partial charge >= 0.3 is 0 Å². The molecule has 128 valence electrons. The summed E-state index contributed by atoms with van der Waals surface area (Å²) in [7, 11) is -2.22. The maximum Gasteiger partial charge on any atom is 0.161 e. The Balaban J connectivity index is 2.55. The summed E-state index contributed by atoms with van der Waals surface area (Å²) in [6.45, 7) is -1.03. The number of nitrogens with zero attached hydrogens (tertiary/aromatic N) is 1. The molecule has 23 heavy (non-hydrogen) atoms. The van der Waals surface area contributed by atoms with Gasteiger partial charge in [-0.05, 0) is 54.2 Å².